The fourth-order valence-electron chi connectivity index (χ4n) is 0.971. The Balaban J connectivity index is 2.89. The molecule has 66 valence electrons. The second-order valence-corrected chi connectivity index (χ2v) is 4.69. The molecule has 0 nitrogen and oxygen atoms in total. The summed E-state index contributed by atoms with van der Waals surface area (Å²) in [6.45, 7) is 2.26. The average Bonchev–Trinajstić information content (AvgIpc) is 2.03. The number of hydrogen-bond donors (Lipinski definition) is 0. The van der Waals surface area contributed by atoms with Crippen molar-refractivity contribution in [2.24, 2.45) is 0 Å². The van der Waals surface area contributed by atoms with E-state index in [9.17, 15) is 0 Å². The molecule has 0 atom stereocenters. The first-order valence-corrected chi connectivity index (χ1v) is 7.48. The van der Waals surface area contributed by atoms with Crippen LogP contribution in [-0.4, -0.2) is 15.0 Å². The first-order valence-electron chi connectivity index (χ1n) is 4.55. The Labute approximate surface area is 77.6 Å². The molecule has 0 aromatic carbocycles. The van der Waals surface area contributed by atoms with Gasteiger partial charge in [-0.3, -0.25) is 0 Å². The predicted molar refractivity (Wildman–Crippen MR) is 54.3 cm³/mol. The van der Waals surface area contributed by atoms with E-state index in [1.807, 2.05) is 0 Å². The van der Waals surface area contributed by atoms with Crippen LogP contribution in [0.15, 0.2) is 12.2 Å². The molecule has 0 saturated carbocycles. The quantitative estimate of drug-likeness (QED) is 0.348. The van der Waals surface area contributed by atoms with Gasteiger partial charge in [-0.05, 0) is 0 Å². The molecule has 0 amide bonds. The van der Waals surface area contributed by atoms with Gasteiger partial charge in [0.25, 0.3) is 0 Å². The zero-order valence-electron chi connectivity index (χ0n) is 7.81. The molecule has 0 heterocycles. The molecular formula is C10H20Se. The summed E-state index contributed by atoms with van der Waals surface area (Å²) in [5.74, 6) is 2.29. The Kier molecular flexibility index (Phi) is 10.5. The van der Waals surface area contributed by atoms with Crippen LogP contribution in [0.4, 0.5) is 0 Å². The molecule has 0 aromatic rings. The molecule has 0 aliphatic heterocycles. The van der Waals surface area contributed by atoms with Gasteiger partial charge in [0, 0.05) is 0 Å². The van der Waals surface area contributed by atoms with Crippen LogP contribution in [0.2, 0.25) is 11.1 Å². The molecule has 0 aromatic heterocycles. The molecule has 0 rings (SSSR count). The zero-order chi connectivity index (χ0) is 8.36. The van der Waals surface area contributed by atoms with E-state index in [4.69, 9.17) is 0 Å². The monoisotopic (exact) mass is 220 g/mol. The summed E-state index contributed by atoms with van der Waals surface area (Å²) in [5.41, 5.74) is 0. The van der Waals surface area contributed by atoms with Crippen molar-refractivity contribution in [3.63, 3.8) is 0 Å². The van der Waals surface area contributed by atoms with Crippen molar-refractivity contribution in [3.8, 4) is 0 Å². The fraction of sp³-hybridized carbons (Fsp3) is 0.800. The zero-order valence-corrected chi connectivity index (χ0v) is 9.52. The van der Waals surface area contributed by atoms with Crippen molar-refractivity contribution in [1.82, 2.24) is 0 Å². The van der Waals surface area contributed by atoms with Crippen LogP contribution in [0.5, 0.6) is 0 Å². The van der Waals surface area contributed by atoms with Crippen molar-refractivity contribution >= 4 is 15.0 Å². The second-order valence-electron chi connectivity index (χ2n) is 2.78. The van der Waals surface area contributed by atoms with Crippen LogP contribution in [0, 0.1) is 0 Å². The van der Waals surface area contributed by atoms with Gasteiger partial charge in [-0.15, -0.1) is 0 Å². The molecular weight excluding hydrogens is 199 g/mol. The van der Waals surface area contributed by atoms with Gasteiger partial charge in [-0.1, -0.05) is 0 Å². The van der Waals surface area contributed by atoms with E-state index < -0.39 is 0 Å². The molecule has 0 spiro atoms. The third-order valence-corrected chi connectivity index (χ3v) is 2.76. The number of rotatable bonds is 7. The summed E-state index contributed by atoms with van der Waals surface area (Å²) in [7, 11) is 0. The third-order valence-electron chi connectivity index (χ3n) is 1.65. The average molecular weight is 219 g/mol. The van der Waals surface area contributed by atoms with Crippen molar-refractivity contribution in [1.29, 1.82) is 0 Å². The van der Waals surface area contributed by atoms with Gasteiger partial charge in [0.05, 0.1) is 0 Å². The molecule has 0 aliphatic carbocycles. The number of hydrogen-bond acceptors (Lipinski definition) is 0. The molecule has 0 radical (unpaired) electrons. The molecule has 1 heteroatoms. The first kappa shape index (κ1) is 11.3. The molecule has 0 saturated heterocycles. The number of allylic oxidation sites excluding steroid dienone is 2. The van der Waals surface area contributed by atoms with Crippen LogP contribution in [0.3, 0.4) is 0 Å². The predicted octanol–water partition coefficient (Wildman–Crippen LogP) is 3.68. The van der Waals surface area contributed by atoms with Gasteiger partial charge in [0.2, 0.25) is 0 Å². The molecule has 11 heavy (non-hydrogen) atoms. The SMILES string of the molecule is CCCCCCC=CC[Se]C. The molecule has 0 aliphatic rings. The summed E-state index contributed by atoms with van der Waals surface area (Å²) >= 11 is 0.833. The summed E-state index contributed by atoms with van der Waals surface area (Å²) < 4.78 is 0. The van der Waals surface area contributed by atoms with E-state index in [1.165, 1.54) is 37.4 Å². The van der Waals surface area contributed by atoms with Crippen LogP contribution < -0.4 is 0 Å². The van der Waals surface area contributed by atoms with Gasteiger partial charge in [0.15, 0.2) is 0 Å². The Morgan fingerprint density at radius 2 is 1.91 bits per heavy atom. The molecule has 0 fully saturated rings. The summed E-state index contributed by atoms with van der Waals surface area (Å²) in [5, 5.41) is 1.32. The van der Waals surface area contributed by atoms with Crippen molar-refractivity contribution in [2.75, 3.05) is 0 Å². The Morgan fingerprint density at radius 3 is 2.55 bits per heavy atom. The van der Waals surface area contributed by atoms with E-state index in [1.54, 1.807) is 0 Å². The van der Waals surface area contributed by atoms with E-state index >= 15 is 0 Å². The van der Waals surface area contributed by atoms with Crippen LogP contribution >= 0.6 is 0 Å². The third kappa shape index (κ3) is 10.3. The van der Waals surface area contributed by atoms with Crippen molar-refractivity contribution in [2.45, 2.75) is 50.2 Å². The van der Waals surface area contributed by atoms with Gasteiger partial charge in [-0.2, -0.15) is 0 Å². The number of unbranched alkanes of at least 4 members (excludes halogenated alkanes) is 4. The minimum absolute atomic E-state index is 0.833. The van der Waals surface area contributed by atoms with Gasteiger partial charge < -0.3 is 0 Å². The van der Waals surface area contributed by atoms with E-state index in [2.05, 4.69) is 24.9 Å². The Morgan fingerprint density at radius 1 is 1.09 bits per heavy atom. The molecule has 0 unspecified atom stereocenters. The van der Waals surface area contributed by atoms with Crippen LogP contribution in [0.25, 0.3) is 0 Å². The van der Waals surface area contributed by atoms with E-state index in [-0.39, 0.29) is 0 Å². The van der Waals surface area contributed by atoms with Gasteiger partial charge in [0.1, 0.15) is 0 Å². The van der Waals surface area contributed by atoms with Crippen LogP contribution in [0.1, 0.15) is 39.0 Å². The Bertz CT molecular complexity index is 86.9. The Hall–Kier alpha value is 0.259. The van der Waals surface area contributed by atoms with E-state index in [0.29, 0.717) is 0 Å². The van der Waals surface area contributed by atoms with Crippen molar-refractivity contribution < 1.29 is 0 Å². The van der Waals surface area contributed by atoms with Crippen LogP contribution in [-0.2, 0) is 0 Å². The van der Waals surface area contributed by atoms with Gasteiger partial charge >= 0.3 is 77.3 Å². The standard InChI is InChI=1S/C10H20Se/c1-3-4-5-6-7-8-9-10-11-2/h8-9H,3-7,10H2,1-2H3. The maximum atomic E-state index is 2.35. The maximum absolute atomic E-state index is 2.35. The fourth-order valence-corrected chi connectivity index (χ4v) is 1.66. The summed E-state index contributed by atoms with van der Waals surface area (Å²) in [6, 6.07) is 0. The van der Waals surface area contributed by atoms with Gasteiger partial charge in [-0.25, -0.2) is 0 Å². The molecule has 0 bridgehead atoms. The second kappa shape index (κ2) is 10.3. The topological polar surface area (TPSA) is 0 Å². The van der Waals surface area contributed by atoms with Crippen molar-refractivity contribution in [3.05, 3.63) is 12.2 Å². The summed E-state index contributed by atoms with van der Waals surface area (Å²) in [4.78, 5) is 0. The normalized spacial score (nSPS) is 11.1. The first-order chi connectivity index (χ1) is 5.41. The summed E-state index contributed by atoms with van der Waals surface area (Å²) in [6.07, 6.45) is 11.6. The minimum atomic E-state index is 0.833. The molecule has 0 N–H and O–H groups in total. The van der Waals surface area contributed by atoms with E-state index in [0.717, 1.165) is 15.0 Å².